The Morgan fingerprint density at radius 2 is 1.80 bits per heavy atom. The summed E-state index contributed by atoms with van der Waals surface area (Å²) < 4.78 is 27.9. The molecule has 110 valence electrons. The largest absolute Gasteiger partial charge is 0.381 e. The number of hydrogen-bond acceptors (Lipinski definition) is 5. The second-order valence-electron chi connectivity index (χ2n) is 5.02. The van der Waals surface area contributed by atoms with Crippen molar-refractivity contribution in [1.82, 2.24) is 0 Å². The highest BCUT2D eigenvalue weighted by Crippen LogP contribution is 2.21. The number of rotatable bonds is 3. The van der Waals surface area contributed by atoms with E-state index in [1.807, 2.05) is 0 Å². The molecule has 1 aliphatic rings. The molecule has 6 nitrogen and oxygen atoms in total. The van der Waals surface area contributed by atoms with Crippen LogP contribution < -0.4 is 11.1 Å². The first-order valence-electron chi connectivity index (χ1n) is 6.29. The average molecular weight is 298 g/mol. The lowest BCUT2D eigenvalue weighted by molar-refractivity contribution is -0.124. The molecule has 0 saturated carbocycles. The van der Waals surface area contributed by atoms with Gasteiger partial charge in [0, 0.05) is 25.2 Å². The van der Waals surface area contributed by atoms with E-state index in [-0.39, 0.29) is 10.8 Å². The predicted molar refractivity (Wildman–Crippen MR) is 75.2 cm³/mol. The second-order valence-corrected chi connectivity index (χ2v) is 7.03. The molecule has 7 heteroatoms. The Kier molecular flexibility index (Phi) is 4.12. The molecule has 0 unspecified atom stereocenters. The lowest BCUT2D eigenvalue weighted by atomic mass is 9.90. The Hall–Kier alpha value is -1.44. The van der Waals surface area contributed by atoms with Gasteiger partial charge in [-0.2, -0.15) is 0 Å². The van der Waals surface area contributed by atoms with Gasteiger partial charge in [-0.25, -0.2) is 8.42 Å². The molecule has 1 heterocycles. The van der Waals surface area contributed by atoms with Gasteiger partial charge in [0.2, 0.25) is 5.91 Å². The number of carbonyl (C=O) groups excluding carboxylic acids is 1. The smallest absolute Gasteiger partial charge is 0.244 e. The fourth-order valence-corrected chi connectivity index (χ4v) is 2.63. The third kappa shape index (κ3) is 3.36. The van der Waals surface area contributed by atoms with Crippen LogP contribution in [-0.4, -0.2) is 39.3 Å². The summed E-state index contributed by atoms with van der Waals surface area (Å²) in [6, 6.07) is 6.02. The summed E-state index contributed by atoms with van der Waals surface area (Å²) in [6.07, 6.45) is 2.08. The van der Waals surface area contributed by atoms with Gasteiger partial charge < -0.3 is 15.8 Å². The molecule has 1 aromatic rings. The summed E-state index contributed by atoms with van der Waals surface area (Å²) in [6.45, 7) is 0.938. The van der Waals surface area contributed by atoms with Gasteiger partial charge in [-0.1, -0.05) is 0 Å². The number of amides is 1. The first-order valence-corrected chi connectivity index (χ1v) is 8.19. The molecule has 1 saturated heterocycles. The molecular formula is C13H18N2O4S. The maximum Gasteiger partial charge on any atom is 0.244 e. The van der Waals surface area contributed by atoms with Crippen molar-refractivity contribution >= 4 is 21.4 Å². The zero-order chi connectivity index (χ0) is 14.8. The van der Waals surface area contributed by atoms with Crippen LogP contribution >= 0.6 is 0 Å². The molecule has 3 N–H and O–H groups in total. The number of sulfone groups is 1. The zero-order valence-electron chi connectivity index (χ0n) is 11.3. The molecule has 0 aliphatic carbocycles. The molecule has 0 radical (unpaired) electrons. The Balaban J connectivity index is 2.08. The van der Waals surface area contributed by atoms with Crippen LogP contribution in [0.4, 0.5) is 5.69 Å². The van der Waals surface area contributed by atoms with Crippen molar-refractivity contribution in [3.63, 3.8) is 0 Å². The second kappa shape index (κ2) is 5.51. The molecule has 1 aromatic carbocycles. The van der Waals surface area contributed by atoms with Crippen molar-refractivity contribution in [1.29, 1.82) is 0 Å². The van der Waals surface area contributed by atoms with Crippen molar-refractivity contribution in [2.75, 3.05) is 24.8 Å². The number of hydrogen-bond donors (Lipinski definition) is 2. The summed E-state index contributed by atoms with van der Waals surface area (Å²) in [5, 5.41) is 2.72. The van der Waals surface area contributed by atoms with Crippen LogP contribution in [0.25, 0.3) is 0 Å². The monoisotopic (exact) mass is 298 g/mol. The van der Waals surface area contributed by atoms with E-state index in [0.717, 1.165) is 6.26 Å². The number of anilines is 1. The van der Waals surface area contributed by atoms with Crippen LogP contribution in [0.2, 0.25) is 0 Å². The van der Waals surface area contributed by atoms with Crippen LogP contribution in [0.1, 0.15) is 12.8 Å². The van der Waals surface area contributed by atoms with Crippen LogP contribution in [-0.2, 0) is 19.4 Å². The maximum atomic E-state index is 12.2. The summed E-state index contributed by atoms with van der Waals surface area (Å²) in [5.41, 5.74) is 5.67. The van der Waals surface area contributed by atoms with Gasteiger partial charge in [-0.05, 0) is 37.1 Å². The summed E-state index contributed by atoms with van der Waals surface area (Å²) in [4.78, 5) is 12.4. The van der Waals surface area contributed by atoms with Crippen molar-refractivity contribution < 1.29 is 17.9 Å². The number of benzene rings is 1. The van der Waals surface area contributed by atoms with Crippen LogP contribution in [0.5, 0.6) is 0 Å². The maximum absolute atomic E-state index is 12.2. The highest BCUT2D eigenvalue weighted by molar-refractivity contribution is 7.90. The van der Waals surface area contributed by atoms with E-state index >= 15 is 0 Å². The quantitative estimate of drug-likeness (QED) is 0.848. The fraction of sp³-hybridized carbons (Fsp3) is 0.462. The molecule has 20 heavy (non-hydrogen) atoms. The van der Waals surface area contributed by atoms with E-state index in [2.05, 4.69) is 5.32 Å². The first-order chi connectivity index (χ1) is 9.31. The third-order valence-corrected chi connectivity index (χ3v) is 4.51. The van der Waals surface area contributed by atoms with Gasteiger partial charge in [-0.15, -0.1) is 0 Å². The zero-order valence-corrected chi connectivity index (χ0v) is 12.1. The standard InChI is InChI=1S/C13H18N2O4S/c1-20(17,18)11-4-2-10(3-5-11)15-12(16)13(14)6-8-19-9-7-13/h2-5H,6-9,14H2,1H3,(H,15,16). The molecule has 0 bridgehead atoms. The topological polar surface area (TPSA) is 98.5 Å². The van der Waals surface area contributed by atoms with Crippen molar-refractivity contribution in [2.24, 2.45) is 5.73 Å². The molecule has 1 fully saturated rings. The number of nitrogens with one attached hydrogen (secondary N) is 1. The highest BCUT2D eigenvalue weighted by atomic mass is 32.2. The number of ether oxygens (including phenoxy) is 1. The summed E-state index contributed by atoms with van der Waals surface area (Å²) >= 11 is 0. The fourth-order valence-electron chi connectivity index (χ4n) is 2.00. The Morgan fingerprint density at radius 3 is 2.30 bits per heavy atom. The van der Waals surface area contributed by atoms with Gasteiger partial charge in [0.1, 0.15) is 5.54 Å². The first kappa shape index (κ1) is 15.0. The van der Waals surface area contributed by atoms with E-state index in [9.17, 15) is 13.2 Å². The third-order valence-electron chi connectivity index (χ3n) is 3.38. The predicted octanol–water partition coefficient (Wildman–Crippen LogP) is 0.536. The van der Waals surface area contributed by atoms with Crippen LogP contribution in [0, 0.1) is 0 Å². The molecular weight excluding hydrogens is 280 g/mol. The van der Waals surface area contributed by atoms with E-state index < -0.39 is 15.4 Å². The van der Waals surface area contributed by atoms with Crippen molar-refractivity contribution in [2.45, 2.75) is 23.3 Å². The molecule has 0 spiro atoms. The molecule has 1 aliphatic heterocycles. The minimum Gasteiger partial charge on any atom is -0.381 e. The van der Waals surface area contributed by atoms with Gasteiger partial charge >= 0.3 is 0 Å². The minimum atomic E-state index is -3.23. The Bertz CT molecular complexity index is 589. The van der Waals surface area contributed by atoms with Crippen molar-refractivity contribution in [3.05, 3.63) is 24.3 Å². The van der Waals surface area contributed by atoms with Gasteiger partial charge in [0.15, 0.2) is 9.84 Å². The average Bonchev–Trinajstić information content (AvgIpc) is 2.39. The van der Waals surface area contributed by atoms with E-state index in [0.29, 0.717) is 31.7 Å². The summed E-state index contributed by atoms with van der Waals surface area (Å²) in [7, 11) is -3.23. The van der Waals surface area contributed by atoms with Gasteiger partial charge in [0.25, 0.3) is 0 Å². The van der Waals surface area contributed by atoms with Crippen molar-refractivity contribution in [3.8, 4) is 0 Å². The molecule has 0 aromatic heterocycles. The molecule has 1 amide bonds. The lowest BCUT2D eigenvalue weighted by Gasteiger charge is -2.31. The Morgan fingerprint density at radius 1 is 1.25 bits per heavy atom. The SMILES string of the molecule is CS(=O)(=O)c1ccc(NC(=O)C2(N)CCOCC2)cc1. The van der Waals surface area contributed by atoms with E-state index in [1.165, 1.54) is 12.1 Å². The lowest BCUT2D eigenvalue weighted by Crippen LogP contribution is -2.54. The van der Waals surface area contributed by atoms with Gasteiger partial charge in [0.05, 0.1) is 4.90 Å². The Labute approximate surface area is 118 Å². The highest BCUT2D eigenvalue weighted by Gasteiger charge is 2.35. The summed E-state index contributed by atoms with van der Waals surface area (Å²) in [5.74, 6) is -0.270. The van der Waals surface area contributed by atoms with Crippen LogP contribution in [0.3, 0.4) is 0 Å². The van der Waals surface area contributed by atoms with Gasteiger partial charge in [-0.3, -0.25) is 4.79 Å². The number of nitrogens with two attached hydrogens (primary N) is 1. The van der Waals surface area contributed by atoms with E-state index in [4.69, 9.17) is 10.5 Å². The normalized spacial score (nSPS) is 18.5. The number of carbonyl (C=O) groups is 1. The van der Waals surface area contributed by atoms with Crippen LogP contribution in [0.15, 0.2) is 29.2 Å². The van der Waals surface area contributed by atoms with E-state index in [1.54, 1.807) is 12.1 Å². The molecule has 2 rings (SSSR count). The molecule has 0 atom stereocenters. The minimum absolute atomic E-state index is 0.212.